The summed E-state index contributed by atoms with van der Waals surface area (Å²) in [5.41, 5.74) is 1.09. The van der Waals surface area contributed by atoms with Crippen molar-refractivity contribution in [1.29, 1.82) is 0 Å². The molecule has 0 amide bonds. The SMILES string of the molecule is C=C[C@H](OCOCCOC)[C@H](O[Si](C)(C)C(C)(C)C)c1ccccc1. The Balaban J connectivity index is 2.91. The van der Waals surface area contributed by atoms with Crippen LogP contribution in [0.2, 0.25) is 18.1 Å². The number of benzene rings is 1. The smallest absolute Gasteiger partial charge is 0.193 e. The number of rotatable bonds is 11. The lowest BCUT2D eigenvalue weighted by molar-refractivity contribution is -0.111. The van der Waals surface area contributed by atoms with Crippen molar-refractivity contribution in [2.45, 2.75) is 51.1 Å². The molecule has 142 valence electrons. The van der Waals surface area contributed by atoms with Gasteiger partial charge in [-0.3, -0.25) is 0 Å². The molecule has 4 nitrogen and oxygen atoms in total. The molecule has 25 heavy (non-hydrogen) atoms. The lowest BCUT2D eigenvalue weighted by Crippen LogP contribution is -2.44. The molecule has 1 aromatic rings. The highest BCUT2D eigenvalue weighted by Gasteiger charge is 2.41. The van der Waals surface area contributed by atoms with E-state index in [0.29, 0.717) is 13.2 Å². The van der Waals surface area contributed by atoms with Crippen molar-refractivity contribution in [2.75, 3.05) is 27.1 Å². The third kappa shape index (κ3) is 7.03. The molecule has 0 N–H and O–H groups in total. The number of methoxy groups -OCH3 is 1. The normalized spacial score (nSPS) is 15.0. The van der Waals surface area contributed by atoms with Gasteiger partial charge in [-0.2, -0.15) is 0 Å². The van der Waals surface area contributed by atoms with E-state index in [-0.39, 0.29) is 24.0 Å². The van der Waals surface area contributed by atoms with Crippen LogP contribution < -0.4 is 0 Å². The van der Waals surface area contributed by atoms with Gasteiger partial charge in [0.15, 0.2) is 8.32 Å². The summed E-state index contributed by atoms with van der Waals surface area (Å²) in [6, 6.07) is 10.2. The summed E-state index contributed by atoms with van der Waals surface area (Å²) in [5.74, 6) is 0. The van der Waals surface area contributed by atoms with Crippen LogP contribution in [0.3, 0.4) is 0 Å². The second-order valence-electron chi connectivity index (χ2n) is 7.60. The zero-order chi connectivity index (χ0) is 18.9. The molecular formula is C20H34O4Si. The molecule has 0 aromatic heterocycles. The van der Waals surface area contributed by atoms with Crippen molar-refractivity contribution in [1.82, 2.24) is 0 Å². The summed E-state index contributed by atoms with van der Waals surface area (Å²) in [7, 11) is -0.331. The van der Waals surface area contributed by atoms with E-state index in [0.717, 1.165) is 5.56 Å². The number of hydrogen-bond acceptors (Lipinski definition) is 4. The molecule has 0 spiro atoms. The summed E-state index contributed by atoms with van der Waals surface area (Å²) < 4.78 is 23.0. The Morgan fingerprint density at radius 1 is 1.12 bits per heavy atom. The van der Waals surface area contributed by atoms with Crippen LogP contribution in [0.1, 0.15) is 32.4 Å². The maximum absolute atomic E-state index is 6.68. The first-order chi connectivity index (χ1) is 11.7. The Labute approximate surface area is 154 Å². The molecular weight excluding hydrogens is 332 g/mol. The lowest BCUT2D eigenvalue weighted by Gasteiger charge is -2.41. The Kier molecular flexibility index (Phi) is 9.03. The van der Waals surface area contributed by atoms with E-state index < -0.39 is 8.32 Å². The molecule has 1 rings (SSSR count). The van der Waals surface area contributed by atoms with E-state index in [1.54, 1.807) is 13.2 Å². The van der Waals surface area contributed by atoms with Crippen molar-refractivity contribution in [3.8, 4) is 0 Å². The van der Waals surface area contributed by atoms with Crippen molar-refractivity contribution in [2.24, 2.45) is 0 Å². The molecule has 0 saturated heterocycles. The summed E-state index contributed by atoms with van der Waals surface area (Å²) in [6.07, 6.45) is 1.31. The van der Waals surface area contributed by atoms with Crippen molar-refractivity contribution in [3.63, 3.8) is 0 Å². The van der Waals surface area contributed by atoms with Crippen LogP contribution in [0.25, 0.3) is 0 Å². The quantitative estimate of drug-likeness (QED) is 0.240. The highest BCUT2D eigenvalue weighted by Crippen LogP contribution is 2.41. The van der Waals surface area contributed by atoms with Gasteiger partial charge in [0, 0.05) is 7.11 Å². The predicted octanol–water partition coefficient (Wildman–Crippen LogP) is 4.94. The van der Waals surface area contributed by atoms with Crippen LogP contribution >= 0.6 is 0 Å². The predicted molar refractivity (Wildman–Crippen MR) is 105 cm³/mol. The lowest BCUT2D eigenvalue weighted by atomic mass is 10.0. The van der Waals surface area contributed by atoms with Crippen LogP contribution in [-0.4, -0.2) is 41.5 Å². The molecule has 0 bridgehead atoms. The van der Waals surface area contributed by atoms with E-state index in [2.05, 4.69) is 52.6 Å². The fourth-order valence-electron chi connectivity index (χ4n) is 2.07. The van der Waals surface area contributed by atoms with E-state index >= 15 is 0 Å². The maximum Gasteiger partial charge on any atom is 0.193 e. The molecule has 0 unspecified atom stereocenters. The van der Waals surface area contributed by atoms with Gasteiger partial charge in [0.05, 0.1) is 13.2 Å². The average Bonchev–Trinajstić information content (AvgIpc) is 2.56. The molecule has 5 heteroatoms. The van der Waals surface area contributed by atoms with Crippen molar-refractivity contribution < 1.29 is 18.6 Å². The van der Waals surface area contributed by atoms with Crippen LogP contribution in [0.5, 0.6) is 0 Å². The molecule has 0 radical (unpaired) electrons. The Morgan fingerprint density at radius 3 is 2.28 bits per heavy atom. The third-order valence-electron chi connectivity index (χ3n) is 4.66. The number of hydrogen-bond donors (Lipinski definition) is 0. The van der Waals surface area contributed by atoms with Gasteiger partial charge >= 0.3 is 0 Å². The van der Waals surface area contributed by atoms with Gasteiger partial charge in [-0.15, -0.1) is 6.58 Å². The zero-order valence-corrected chi connectivity index (χ0v) is 17.6. The molecule has 0 fully saturated rings. The van der Waals surface area contributed by atoms with E-state index in [4.69, 9.17) is 18.6 Å². The molecule has 1 aromatic carbocycles. The van der Waals surface area contributed by atoms with Crippen molar-refractivity contribution in [3.05, 3.63) is 48.6 Å². The van der Waals surface area contributed by atoms with Crippen LogP contribution in [0.15, 0.2) is 43.0 Å². The second kappa shape index (κ2) is 10.2. The first-order valence-corrected chi connectivity index (χ1v) is 11.7. The van der Waals surface area contributed by atoms with Crippen molar-refractivity contribution >= 4 is 8.32 Å². The van der Waals surface area contributed by atoms with Crippen LogP contribution in [0.4, 0.5) is 0 Å². The van der Waals surface area contributed by atoms with Gasteiger partial charge < -0.3 is 18.6 Å². The van der Waals surface area contributed by atoms with Gasteiger partial charge in [-0.05, 0) is 23.7 Å². The summed E-state index contributed by atoms with van der Waals surface area (Å²) in [4.78, 5) is 0. The Morgan fingerprint density at radius 2 is 1.76 bits per heavy atom. The topological polar surface area (TPSA) is 36.9 Å². The summed E-state index contributed by atoms with van der Waals surface area (Å²) in [5, 5.41) is 0.112. The van der Waals surface area contributed by atoms with E-state index in [1.807, 2.05) is 18.2 Å². The maximum atomic E-state index is 6.68. The highest BCUT2D eigenvalue weighted by molar-refractivity contribution is 6.74. The van der Waals surface area contributed by atoms with Gasteiger partial charge in [0.1, 0.15) is 19.0 Å². The molecule has 0 heterocycles. The second-order valence-corrected chi connectivity index (χ2v) is 12.4. The minimum atomic E-state index is -1.98. The highest BCUT2D eigenvalue weighted by atomic mass is 28.4. The van der Waals surface area contributed by atoms with E-state index in [1.165, 1.54) is 0 Å². The van der Waals surface area contributed by atoms with Crippen LogP contribution in [-0.2, 0) is 18.6 Å². The first-order valence-electron chi connectivity index (χ1n) is 8.76. The molecule has 2 atom stereocenters. The number of ether oxygens (including phenoxy) is 3. The first kappa shape index (κ1) is 22.1. The Bertz CT molecular complexity index is 496. The molecule has 0 aliphatic heterocycles. The molecule has 0 aliphatic rings. The summed E-state index contributed by atoms with van der Waals surface area (Å²) >= 11 is 0. The van der Waals surface area contributed by atoms with Gasteiger partial charge in [-0.1, -0.05) is 57.2 Å². The van der Waals surface area contributed by atoms with Gasteiger partial charge in [0.2, 0.25) is 0 Å². The molecule has 0 aliphatic carbocycles. The zero-order valence-electron chi connectivity index (χ0n) is 16.6. The summed E-state index contributed by atoms with van der Waals surface area (Å²) in [6.45, 7) is 16.4. The van der Waals surface area contributed by atoms with E-state index in [9.17, 15) is 0 Å². The minimum Gasteiger partial charge on any atom is -0.407 e. The monoisotopic (exact) mass is 366 g/mol. The van der Waals surface area contributed by atoms with Gasteiger partial charge in [0.25, 0.3) is 0 Å². The average molecular weight is 367 g/mol. The fraction of sp³-hybridized carbons (Fsp3) is 0.600. The van der Waals surface area contributed by atoms with Gasteiger partial charge in [-0.25, -0.2) is 0 Å². The largest absolute Gasteiger partial charge is 0.407 e. The fourth-order valence-corrected chi connectivity index (χ4v) is 3.33. The van der Waals surface area contributed by atoms with Crippen LogP contribution in [0, 0.1) is 0 Å². The molecule has 0 saturated carbocycles. The third-order valence-corrected chi connectivity index (χ3v) is 9.12. The minimum absolute atomic E-state index is 0.112. The Hall–Kier alpha value is -0.983. The standard InChI is InChI=1S/C20H34O4Si/c1-8-18(23-16-22-15-14-21-5)19(17-12-10-9-11-13-17)24-25(6,7)20(2,3)4/h8-13,18-19H,1,14-16H2,2-7H3/t18-,19+/m0/s1.